The van der Waals surface area contributed by atoms with Crippen molar-refractivity contribution in [2.75, 3.05) is 0 Å². The Hall–Kier alpha value is -1.56. The van der Waals surface area contributed by atoms with Crippen molar-refractivity contribution < 1.29 is 4.79 Å². The molecule has 0 fully saturated rings. The molecule has 0 radical (unpaired) electrons. The molecule has 0 aromatic heterocycles. The van der Waals surface area contributed by atoms with Crippen LogP contribution in [0.3, 0.4) is 0 Å². The van der Waals surface area contributed by atoms with E-state index in [2.05, 4.69) is 11.4 Å². The minimum atomic E-state index is -0.0627. The molecule has 13 heavy (non-hydrogen) atoms. The van der Waals surface area contributed by atoms with Crippen molar-refractivity contribution in [1.29, 1.82) is 5.26 Å². The Kier molecular flexibility index (Phi) is 2.86. The molecule has 3 nitrogen and oxygen atoms in total. The van der Waals surface area contributed by atoms with Gasteiger partial charge < -0.3 is 5.32 Å². The van der Waals surface area contributed by atoms with E-state index >= 15 is 0 Å². The minimum Gasteiger partial charge on any atom is -0.330 e. The van der Waals surface area contributed by atoms with Gasteiger partial charge in [0.05, 0.1) is 6.07 Å². The lowest BCUT2D eigenvalue weighted by atomic mass is 9.92. The number of hydrogen-bond acceptors (Lipinski definition) is 2. The standard InChI is InChI=1S/C10H12N2O/c1-7-5-10(12-8(2)13)4-3-9(7)6-11/h3-4,7H,5H2,1-2H3,(H,12,13). The van der Waals surface area contributed by atoms with Gasteiger partial charge in [-0.25, -0.2) is 0 Å². The van der Waals surface area contributed by atoms with Crippen molar-refractivity contribution in [1.82, 2.24) is 5.32 Å². The average Bonchev–Trinajstić information content (AvgIpc) is 2.03. The summed E-state index contributed by atoms with van der Waals surface area (Å²) in [5.41, 5.74) is 1.66. The third-order valence-corrected chi connectivity index (χ3v) is 1.99. The molecule has 3 heteroatoms. The van der Waals surface area contributed by atoms with Gasteiger partial charge in [-0.2, -0.15) is 5.26 Å². The molecule has 68 valence electrons. The van der Waals surface area contributed by atoms with Gasteiger partial charge >= 0.3 is 0 Å². The molecule has 1 atom stereocenters. The van der Waals surface area contributed by atoms with Crippen LogP contribution in [-0.2, 0) is 4.79 Å². The zero-order chi connectivity index (χ0) is 9.84. The number of nitrogens with one attached hydrogen (secondary N) is 1. The lowest BCUT2D eigenvalue weighted by Crippen LogP contribution is -2.22. The molecular weight excluding hydrogens is 164 g/mol. The normalized spacial score (nSPS) is 21.2. The topological polar surface area (TPSA) is 52.9 Å². The Balaban J connectivity index is 2.73. The summed E-state index contributed by atoms with van der Waals surface area (Å²) in [6.07, 6.45) is 4.29. The third-order valence-electron chi connectivity index (χ3n) is 1.99. The summed E-state index contributed by atoms with van der Waals surface area (Å²) in [4.78, 5) is 10.7. The van der Waals surface area contributed by atoms with E-state index in [0.717, 1.165) is 17.7 Å². The van der Waals surface area contributed by atoms with Crippen molar-refractivity contribution in [3.8, 4) is 6.07 Å². The SMILES string of the molecule is CC(=O)NC1=CC=C(C#N)C(C)C1. The minimum absolute atomic E-state index is 0.0627. The fourth-order valence-corrected chi connectivity index (χ4v) is 1.33. The highest BCUT2D eigenvalue weighted by Gasteiger charge is 2.14. The van der Waals surface area contributed by atoms with Gasteiger partial charge in [-0.15, -0.1) is 0 Å². The van der Waals surface area contributed by atoms with Crippen LogP contribution in [-0.4, -0.2) is 5.91 Å². The monoisotopic (exact) mass is 176 g/mol. The summed E-state index contributed by atoms with van der Waals surface area (Å²) in [6.45, 7) is 3.46. The summed E-state index contributed by atoms with van der Waals surface area (Å²) in [7, 11) is 0. The predicted octanol–water partition coefficient (Wildman–Crippen LogP) is 1.50. The second-order valence-corrected chi connectivity index (χ2v) is 3.21. The van der Waals surface area contributed by atoms with Crippen molar-refractivity contribution in [2.24, 2.45) is 5.92 Å². The average molecular weight is 176 g/mol. The van der Waals surface area contributed by atoms with Crippen LogP contribution in [0.2, 0.25) is 0 Å². The summed E-state index contributed by atoms with van der Waals surface area (Å²) in [5.74, 6) is 0.143. The van der Waals surface area contributed by atoms with Crippen LogP contribution < -0.4 is 5.32 Å². The Morgan fingerprint density at radius 2 is 2.38 bits per heavy atom. The van der Waals surface area contributed by atoms with Crippen LogP contribution in [0.15, 0.2) is 23.4 Å². The van der Waals surface area contributed by atoms with E-state index in [4.69, 9.17) is 5.26 Å². The van der Waals surface area contributed by atoms with Crippen LogP contribution in [0, 0.1) is 17.2 Å². The zero-order valence-electron chi connectivity index (χ0n) is 7.79. The van der Waals surface area contributed by atoms with Crippen molar-refractivity contribution >= 4 is 5.91 Å². The van der Waals surface area contributed by atoms with Gasteiger partial charge in [-0.3, -0.25) is 4.79 Å². The maximum Gasteiger partial charge on any atom is 0.220 e. The largest absolute Gasteiger partial charge is 0.330 e. The summed E-state index contributed by atoms with van der Waals surface area (Å²) in [6, 6.07) is 2.13. The first-order chi connectivity index (χ1) is 6.13. The molecule has 1 aliphatic carbocycles. The van der Waals surface area contributed by atoms with E-state index in [0.29, 0.717) is 0 Å². The predicted molar refractivity (Wildman–Crippen MR) is 49.4 cm³/mol. The maximum absolute atomic E-state index is 10.7. The van der Waals surface area contributed by atoms with Gasteiger partial charge in [0.1, 0.15) is 0 Å². The highest BCUT2D eigenvalue weighted by Crippen LogP contribution is 2.22. The molecule has 0 bridgehead atoms. The molecular formula is C10H12N2O. The van der Waals surface area contributed by atoms with Crippen LogP contribution >= 0.6 is 0 Å². The van der Waals surface area contributed by atoms with E-state index < -0.39 is 0 Å². The van der Waals surface area contributed by atoms with Crippen molar-refractivity contribution in [2.45, 2.75) is 20.3 Å². The number of carbonyl (C=O) groups is 1. The second-order valence-electron chi connectivity index (χ2n) is 3.21. The van der Waals surface area contributed by atoms with Crippen molar-refractivity contribution in [3.63, 3.8) is 0 Å². The third kappa shape index (κ3) is 2.45. The Labute approximate surface area is 77.7 Å². The number of hydrogen-bond donors (Lipinski definition) is 1. The molecule has 0 aromatic rings. The molecule has 0 saturated carbocycles. The molecule has 0 aromatic carbocycles. The quantitative estimate of drug-likeness (QED) is 0.658. The van der Waals surface area contributed by atoms with Gasteiger partial charge in [-0.1, -0.05) is 6.92 Å². The van der Waals surface area contributed by atoms with Crippen molar-refractivity contribution in [3.05, 3.63) is 23.4 Å². The van der Waals surface area contributed by atoms with Crippen LogP contribution in [0.1, 0.15) is 20.3 Å². The van der Waals surface area contributed by atoms with Gasteiger partial charge in [0.2, 0.25) is 5.91 Å². The van der Waals surface area contributed by atoms with E-state index in [9.17, 15) is 4.79 Å². The summed E-state index contributed by atoms with van der Waals surface area (Å²) in [5, 5.41) is 11.4. The van der Waals surface area contributed by atoms with Gasteiger partial charge in [-0.05, 0) is 24.5 Å². The van der Waals surface area contributed by atoms with E-state index in [1.807, 2.05) is 6.92 Å². The second kappa shape index (κ2) is 3.90. The number of rotatable bonds is 1. The first kappa shape index (κ1) is 9.53. The fourth-order valence-electron chi connectivity index (χ4n) is 1.33. The Morgan fingerprint density at radius 1 is 1.69 bits per heavy atom. The lowest BCUT2D eigenvalue weighted by Gasteiger charge is -2.17. The first-order valence-corrected chi connectivity index (χ1v) is 4.22. The Bertz CT molecular complexity index is 320. The van der Waals surface area contributed by atoms with Gasteiger partial charge in [0.15, 0.2) is 0 Å². The summed E-state index contributed by atoms with van der Waals surface area (Å²) >= 11 is 0. The number of nitrogens with zero attached hydrogens (tertiary/aromatic N) is 1. The molecule has 0 saturated heterocycles. The highest BCUT2D eigenvalue weighted by atomic mass is 16.1. The van der Waals surface area contributed by atoms with Gasteiger partial charge in [0, 0.05) is 18.2 Å². The molecule has 0 heterocycles. The molecule has 1 aliphatic rings. The zero-order valence-corrected chi connectivity index (χ0v) is 7.79. The number of allylic oxidation sites excluding steroid dienone is 4. The molecule has 1 N–H and O–H groups in total. The van der Waals surface area contributed by atoms with Crippen LogP contribution in [0.5, 0.6) is 0 Å². The molecule has 1 amide bonds. The lowest BCUT2D eigenvalue weighted by molar-refractivity contribution is -0.118. The van der Waals surface area contributed by atoms with E-state index in [1.165, 1.54) is 6.92 Å². The van der Waals surface area contributed by atoms with Crippen LogP contribution in [0.4, 0.5) is 0 Å². The molecule has 1 unspecified atom stereocenters. The number of nitriles is 1. The van der Waals surface area contributed by atoms with E-state index in [1.54, 1.807) is 12.2 Å². The molecule has 0 spiro atoms. The number of amides is 1. The number of carbonyl (C=O) groups excluding carboxylic acids is 1. The fraction of sp³-hybridized carbons (Fsp3) is 0.400. The molecule has 1 rings (SSSR count). The van der Waals surface area contributed by atoms with E-state index in [-0.39, 0.29) is 11.8 Å². The summed E-state index contributed by atoms with van der Waals surface area (Å²) < 4.78 is 0. The first-order valence-electron chi connectivity index (χ1n) is 4.22. The Morgan fingerprint density at radius 3 is 2.85 bits per heavy atom. The van der Waals surface area contributed by atoms with Gasteiger partial charge in [0.25, 0.3) is 0 Å². The smallest absolute Gasteiger partial charge is 0.220 e. The highest BCUT2D eigenvalue weighted by molar-refractivity contribution is 5.75. The maximum atomic E-state index is 10.7. The molecule has 0 aliphatic heterocycles. The van der Waals surface area contributed by atoms with Crippen LogP contribution in [0.25, 0.3) is 0 Å².